The highest BCUT2D eigenvalue weighted by molar-refractivity contribution is 5.73. The SMILES string of the molecule is CCCCOCCNC(=O)NCCC(CC)CCC(=O)O. The number of rotatable bonds is 13. The standard InChI is InChI=1S/C15H30N2O4/c1-3-5-11-21-12-10-17-15(20)16-9-8-13(4-2)6-7-14(18)19/h13H,3-12H2,1-2H3,(H,18,19)(H2,16,17,20). The highest BCUT2D eigenvalue weighted by Crippen LogP contribution is 2.14. The first kappa shape index (κ1) is 19.7. The van der Waals surface area contributed by atoms with E-state index in [-0.39, 0.29) is 12.5 Å². The van der Waals surface area contributed by atoms with Crippen molar-refractivity contribution >= 4 is 12.0 Å². The summed E-state index contributed by atoms with van der Waals surface area (Å²) in [5.74, 6) is -0.416. The van der Waals surface area contributed by atoms with E-state index in [0.29, 0.717) is 32.0 Å². The maximum atomic E-state index is 11.5. The number of hydrogen-bond acceptors (Lipinski definition) is 3. The van der Waals surface area contributed by atoms with E-state index in [0.717, 1.165) is 32.3 Å². The predicted molar refractivity (Wildman–Crippen MR) is 82.4 cm³/mol. The largest absolute Gasteiger partial charge is 0.481 e. The number of carboxylic acid groups (broad SMARTS) is 1. The molecular weight excluding hydrogens is 272 g/mol. The molecule has 3 N–H and O–H groups in total. The molecule has 0 heterocycles. The zero-order valence-corrected chi connectivity index (χ0v) is 13.3. The molecule has 124 valence electrons. The number of carboxylic acids is 1. The third kappa shape index (κ3) is 13.4. The van der Waals surface area contributed by atoms with E-state index in [2.05, 4.69) is 17.6 Å². The lowest BCUT2D eigenvalue weighted by molar-refractivity contribution is -0.137. The van der Waals surface area contributed by atoms with Crippen LogP contribution >= 0.6 is 0 Å². The second-order valence-electron chi connectivity index (χ2n) is 5.14. The Morgan fingerprint density at radius 3 is 2.43 bits per heavy atom. The minimum atomic E-state index is -0.762. The number of ether oxygens (including phenoxy) is 1. The van der Waals surface area contributed by atoms with Gasteiger partial charge < -0.3 is 20.5 Å². The van der Waals surface area contributed by atoms with Gasteiger partial charge in [-0.1, -0.05) is 26.7 Å². The molecule has 0 aliphatic rings. The van der Waals surface area contributed by atoms with Crippen LogP contribution in [0.2, 0.25) is 0 Å². The van der Waals surface area contributed by atoms with Crippen LogP contribution in [0.15, 0.2) is 0 Å². The fraction of sp³-hybridized carbons (Fsp3) is 0.867. The molecule has 6 nitrogen and oxygen atoms in total. The summed E-state index contributed by atoms with van der Waals surface area (Å²) in [5, 5.41) is 14.2. The average molecular weight is 302 g/mol. The fourth-order valence-corrected chi connectivity index (χ4v) is 1.92. The first-order valence-electron chi connectivity index (χ1n) is 7.91. The zero-order chi connectivity index (χ0) is 15.9. The molecule has 2 amide bonds. The van der Waals surface area contributed by atoms with Gasteiger partial charge in [0, 0.05) is 26.1 Å². The van der Waals surface area contributed by atoms with Gasteiger partial charge in [-0.05, 0) is 25.2 Å². The number of amides is 2. The molecule has 1 atom stereocenters. The van der Waals surface area contributed by atoms with E-state index in [1.165, 1.54) is 0 Å². The predicted octanol–water partition coefficient (Wildman–Crippen LogP) is 2.38. The number of carbonyl (C=O) groups is 2. The van der Waals surface area contributed by atoms with Crippen LogP contribution in [0.3, 0.4) is 0 Å². The number of unbranched alkanes of at least 4 members (excludes halogenated alkanes) is 1. The van der Waals surface area contributed by atoms with E-state index >= 15 is 0 Å². The van der Waals surface area contributed by atoms with Crippen LogP contribution in [0.5, 0.6) is 0 Å². The molecule has 0 aliphatic carbocycles. The Hall–Kier alpha value is -1.30. The van der Waals surface area contributed by atoms with Crippen LogP contribution in [0.4, 0.5) is 4.79 Å². The van der Waals surface area contributed by atoms with Crippen molar-refractivity contribution in [3.05, 3.63) is 0 Å². The number of hydrogen-bond donors (Lipinski definition) is 3. The number of carbonyl (C=O) groups excluding carboxylic acids is 1. The molecule has 0 rings (SSSR count). The van der Waals surface area contributed by atoms with Gasteiger partial charge in [-0.25, -0.2) is 4.79 Å². The molecule has 0 saturated heterocycles. The Kier molecular flexibility index (Phi) is 12.8. The molecule has 0 saturated carbocycles. The first-order chi connectivity index (χ1) is 10.1. The van der Waals surface area contributed by atoms with Crippen molar-refractivity contribution in [3.8, 4) is 0 Å². The van der Waals surface area contributed by atoms with E-state index in [1.807, 2.05) is 6.92 Å². The van der Waals surface area contributed by atoms with Crippen molar-refractivity contribution in [1.29, 1.82) is 0 Å². The third-order valence-corrected chi connectivity index (χ3v) is 3.36. The molecule has 0 aliphatic heterocycles. The highest BCUT2D eigenvalue weighted by atomic mass is 16.5. The van der Waals surface area contributed by atoms with Gasteiger partial charge in [-0.3, -0.25) is 4.79 Å². The van der Waals surface area contributed by atoms with Gasteiger partial charge in [0.05, 0.1) is 6.61 Å². The normalized spacial score (nSPS) is 11.9. The summed E-state index contributed by atoms with van der Waals surface area (Å²) in [7, 11) is 0. The van der Waals surface area contributed by atoms with Crippen LogP contribution in [0, 0.1) is 5.92 Å². The second kappa shape index (κ2) is 13.7. The van der Waals surface area contributed by atoms with Crippen LogP contribution in [-0.4, -0.2) is 43.4 Å². The Balaban J connectivity index is 3.52. The van der Waals surface area contributed by atoms with Crippen molar-refractivity contribution in [2.45, 2.75) is 52.4 Å². The molecule has 0 spiro atoms. The first-order valence-corrected chi connectivity index (χ1v) is 7.91. The number of nitrogens with one attached hydrogen (secondary N) is 2. The summed E-state index contributed by atoms with van der Waals surface area (Å²) in [6.07, 6.45) is 4.75. The molecule has 21 heavy (non-hydrogen) atoms. The van der Waals surface area contributed by atoms with Crippen LogP contribution in [0.25, 0.3) is 0 Å². The van der Waals surface area contributed by atoms with Crippen LogP contribution < -0.4 is 10.6 Å². The maximum absolute atomic E-state index is 11.5. The Bertz CT molecular complexity index is 285. The Morgan fingerprint density at radius 1 is 1.10 bits per heavy atom. The van der Waals surface area contributed by atoms with E-state index in [9.17, 15) is 9.59 Å². The van der Waals surface area contributed by atoms with Gasteiger partial charge in [0.15, 0.2) is 0 Å². The van der Waals surface area contributed by atoms with Gasteiger partial charge in [-0.15, -0.1) is 0 Å². The number of urea groups is 1. The molecular formula is C15H30N2O4. The van der Waals surface area contributed by atoms with Gasteiger partial charge in [-0.2, -0.15) is 0 Å². The molecule has 0 aromatic rings. The smallest absolute Gasteiger partial charge is 0.314 e. The van der Waals surface area contributed by atoms with Gasteiger partial charge >= 0.3 is 12.0 Å². The Morgan fingerprint density at radius 2 is 1.81 bits per heavy atom. The highest BCUT2D eigenvalue weighted by Gasteiger charge is 2.09. The molecule has 0 fully saturated rings. The van der Waals surface area contributed by atoms with Crippen molar-refractivity contribution in [2.75, 3.05) is 26.3 Å². The van der Waals surface area contributed by atoms with Gasteiger partial charge in [0.2, 0.25) is 0 Å². The molecule has 6 heteroatoms. The quantitative estimate of drug-likeness (QED) is 0.456. The van der Waals surface area contributed by atoms with Gasteiger partial charge in [0.1, 0.15) is 0 Å². The summed E-state index contributed by atoms with van der Waals surface area (Å²) >= 11 is 0. The summed E-state index contributed by atoms with van der Waals surface area (Å²) in [4.78, 5) is 22.0. The summed E-state index contributed by atoms with van der Waals surface area (Å²) in [5.41, 5.74) is 0. The van der Waals surface area contributed by atoms with E-state index < -0.39 is 5.97 Å². The average Bonchev–Trinajstić information content (AvgIpc) is 2.46. The summed E-state index contributed by atoms with van der Waals surface area (Å²) in [6.45, 7) is 6.49. The maximum Gasteiger partial charge on any atom is 0.314 e. The lowest BCUT2D eigenvalue weighted by Gasteiger charge is -2.14. The number of aliphatic carboxylic acids is 1. The van der Waals surface area contributed by atoms with E-state index in [4.69, 9.17) is 9.84 Å². The lowest BCUT2D eigenvalue weighted by Crippen LogP contribution is -2.38. The topological polar surface area (TPSA) is 87.7 Å². The Labute approximate surface area is 127 Å². The van der Waals surface area contributed by atoms with Crippen molar-refractivity contribution in [3.63, 3.8) is 0 Å². The minimum Gasteiger partial charge on any atom is -0.481 e. The molecule has 1 unspecified atom stereocenters. The van der Waals surface area contributed by atoms with Crippen LogP contribution in [-0.2, 0) is 9.53 Å². The molecule has 0 aromatic carbocycles. The zero-order valence-electron chi connectivity index (χ0n) is 13.3. The minimum absolute atomic E-state index is 0.192. The fourth-order valence-electron chi connectivity index (χ4n) is 1.92. The second-order valence-corrected chi connectivity index (χ2v) is 5.14. The van der Waals surface area contributed by atoms with Crippen LogP contribution in [0.1, 0.15) is 52.4 Å². The van der Waals surface area contributed by atoms with Crippen molar-refractivity contribution < 1.29 is 19.4 Å². The van der Waals surface area contributed by atoms with Crippen molar-refractivity contribution in [1.82, 2.24) is 10.6 Å². The van der Waals surface area contributed by atoms with Crippen molar-refractivity contribution in [2.24, 2.45) is 5.92 Å². The summed E-state index contributed by atoms with van der Waals surface area (Å²) in [6, 6.07) is -0.192. The van der Waals surface area contributed by atoms with E-state index in [1.54, 1.807) is 0 Å². The monoisotopic (exact) mass is 302 g/mol. The molecule has 0 bridgehead atoms. The van der Waals surface area contributed by atoms with Gasteiger partial charge in [0.25, 0.3) is 0 Å². The summed E-state index contributed by atoms with van der Waals surface area (Å²) < 4.78 is 5.34. The lowest BCUT2D eigenvalue weighted by atomic mass is 9.97. The molecule has 0 radical (unpaired) electrons. The third-order valence-electron chi connectivity index (χ3n) is 3.36. The molecule has 0 aromatic heterocycles.